The van der Waals surface area contributed by atoms with Crippen molar-refractivity contribution >= 4 is 22.6 Å². The van der Waals surface area contributed by atoms with Gasteiger partial charge in [0.25, 0.3) is 5.91 Å². The molecule has 1 fully saturated rings. The lowest BCUT2D eigenvalue weighted by Crippen LogP contribution is -2.27. The predicted molar refractivity (Wildman–Crippen MR) is 114 cm³/mol. The molecule has 1 saturated heterocycles. The summed E-state index contributed by atoms with van der Waals surface area (Å²) in [5, 5.41) is 9.61. The van der Waals surface area contributed by atoms with Crippen molar-refractivity contribution in [1.82, 2.24) is 14.3 Å². The maximum atomic E-state index is 12.6. The van der Waals surface area contributed by atoms with E-state index in [-0.39, 0.29) is 5.91 Å². The Morgan fingerprint density at radius 1 is 1.10 bits per heavy atom. The van der Waals surface area contributed by atoms with Crippen molar-refractivity contribution in [2.24, 2.45) is 0 Å². The summed E-state index contributed by atoms with van der Waals surface area (Å²) < 4.78 is 8.05. The molecule has 0 radical (unpaired) electrons. The molecule has 4 aromatic rings. The van der Waals surface area contributed by atoms with Crippen LogP contribution >= 0.6 is 0 Å². The minimum atomic E-state index is 0.0660. The molecule has 2 aromatic heterocycles. The number of nitrogens with zero attached hydrogens (tertiary/aromatic N) is 4. The largest absolute Gasteiger partial charge is 0.440 e. The molecule has 0 unspecified atom stereocenters. The topological polar surface area (TPSA) is 70.6 Å². The molecule has 0 aliphatic carbocycles. The van der Waals surface area contributed by atoms with Crippen molar-refractivity contribution < 1.29 is 9.53 Å². The molecule has 3 heterocycles. The van der Waals surface area contributed by atoms with Crippen LogP contribution in [0.25, 0.3) is 16.7 Å². The van der Waals surface area contributed by atoms with Gasteiger partial charge in [-0.3, -0.25) is 9.20 Å². The van der Waals surface area contributed by atoms with Crippen LogP contribution in [0.5, 0.6) is 11.6 Å². The van der Waals surface area contributed by atoms with Crippen molar-refractivity contribution in [3.8, 4) is 17.7 Å². The number of pyridine rings is 1. The lowest BCUT2D eigenvalue weighted by Gasteiger charge is -2.15. The second-order valence-electron chi connectivity index (χ2n) is 7.54. The number of amides is 1. The van der Waals surface area contributed by atoms with Crippen LogP contribution in [0.3, 0.4) is 0 Å². The maximum absolute atomic E-state index is 12.6. The fourth-order valence-electron chi connectivity index (χ4n) is 4.02. The normalized spacial score (nSPS) is 13.7. The number of hydrogen-bond acceptors (Lipinski definition) is 4. The average Bonchev–Trinajstić information content (AvgIpc) is 3.42. The molecule has 1 aliphatic heterocycles. The van der Waals surface area contributed by atoms with Crippen LogP contribution < -0.4 is 4.74 Å². The number of likely N-dealkylation sites (tertiary alicyclic amines) is 1. The number of para-hydroxylation sites is 2. The molecule has 1 aliphatic rings. The summed E-state index contributed by atoms with van der Waals surface area (Å²) in [6, 6.07) is 19.1. The average molecular weight is 396 g/mol. The highest BCUT2D eigenvalue weighted by Gasteiger charge is 2.20. The highest BCUT2D eigenvalue weighted by atomic mass is 16.5. The Balaban J connectivity index is 1.54. The Labute approximate surface area is 173 Å². The molecule has 0 N–H and O–H groups in total. The first kappa shape index (κ1) is 18.2. The Bertz CT molecular complexity index is 1310. The van der Waals surface area contributed by atoms with Gasteiger partial charge in [-0.15, -0.1) is 0 Å². The molecule has 0 atom stereocenters. The number of imidazole rings is 1. The summed E-state index contributed by atoms with van der Waals surface area (Å²) >= 11 is 0. The number of benzene rings is 2. The lowest BCUT2D eigenvalue weighted by molar-refractivity contribution is 0.0793. The minimum absolute atomic E-state index is 0.0660. The second-order valence-corrected chi connectivity index (χ2v) is 7.54. The smallest absolute Gasteiger partial charge is 0.253 e. The highest BCUT2D eigenvalue weighted by molar-refractivity contribution is 5.94. The molecule has 148 valence electrons. The number of ether oxygens (including phenoxy) is 1. The molecule has 5 rings (SSSR count). The lowest BCUT2D eigenvalue weighted by atomic mass is 10.1. The summed E-state index contributed by atoms with van der Waals surface area (Å²) in [7, 11) is 0. The Kier molecular flexibility index (Phi) is 4.36. The van der Waals surface area contributed by atoms with Gasteiger partial charge in [0.15, 0.2) is 5.65 Å². The zero-order valence-corrected chi connectivity index (χ0v) is 16.6. The van der Waals surface area contributed by atoms with Gasteiger partial charge in [0.2, 0.25) is 5.88 Å². The van der Waals surface area contributed by atoms with Gasteiger partial charge < -0.3 is 9.64 Å². The van der Waals surface area contributed by atoms with Crippen LogP contribution in [0.2, 0.25) is 0 Å². The number of nitriles is 1. The van der Waals surface area contributed by atoms with E-state index in [0.717, 1.165) is 42.5 Å². The van der Waals surface area contributed by atoms with Crippen LogP contribution in [0.1, 0.15) is 34.3 Å². The third-order valence-corrected chi connectivity index (χ3v) is 5.57. The quantitative estimate of drug-likeness (QED) is 0.503. The van der Waals surface area contributed by atoms with Gasteiger partial charge in [0.05, 0.1) is 16.6 Å². The Morgan fingerprint density at radius 3 is 2.57 bits per heavy atom. The Morgan fingerprint density at radius 2 is 1.83 bits per heavy atom. The molecule has 6 nitrogen and oxygen atoms in total. The predicted octanol–water partition coefficient (Wildman–Crippen LogP) is 4.70. The van der Waals surface area contributed by atoms with Gasteiger partial charge in [-0.2, -0.15) is 5.26 Å². The molecular formula is C24H20N4O2. The van der Waals surface area contributed by atoms with Crippen molar-refractivity contribution in [2.45, 2.75) is 19.8 Å². The SMILES string of the molecule is Cc1cc(Oc2ccc(C(=O)N3CCCC3)cc2)n2c(nc3ccccc32)c1C#N. The van der Waals surface area contributed by atoms with E-state index >= 15 is 0 Å². The van der Waals surface area contributed by atoms with Crippen molar-refractivity contribution in [3.63, 3.8) is 0 Å². The van der Waals surface area contributed by atoms with E-state index in [0.29, 0.717) is 28.4 Å². The van der Waals surface area contributed by atoms with E-state index in [1.165, 1.54) is 0 Å². The zero-order valence-electron chi connectivity index (χ0n) is 16.6. The first-order chi connectivity index (χ1) is 14.7. The summed E-state index contributed by atoms with van der Waals surface area (Å²) in [6.07, 6.45) is 2.14. The standard InChI is InChI=1S/C24H20N4O2/c1-16-14-22(28-21-7-3-2-6-20(21)26-23(28)19(16)15-25)30-18-10-8-17(9-11-18)24(29)27-12-4-5-13-27/h2-3,6-11,14H,4-5,12-13H2,1H3. The van der Waals surface area contributed by atoms with Crippen molar-refractivity contribution in [2.75, 3.05) is 13.1 Å². The van der Waals surface area contributed by atoms with Gasteiger partial charge >= 0.3 is 0 Å². The molecule has 0 spiro atoms. The molecule has 6 heteroatoms. The van der Waals surface area contributed by atoms with E-state index in [1.807, 2.05) is 58.7 Å². The van der Waals surface area contributed by atoms with Gasteiger partial charge in [0, 0.05) is 24.7 Å². The summed E-state index contributed by atoms with van der Waals surface area (Å²) in [6.45, 7) is 3.53. The van der Waals surface area contributed by atoms with Crippen LogP contribution in [-0.2, 0) is 0 Å². The number of fused-ring (bicyclic) bond motifs is 3. The summed E-state index contributed by atoms with van der Waals surface area (Å²) in [5.74, 6) is 1.27. The first-order valence-electron chi connectivity index (χ1n) is 10.0. The maximum Gasteiger partial charge on any atom is 0.253 e. The number of carbonyl (C=O) groups excluding carboxylic acids is 1. The summed E-state index contributed by atoms with van der Waals surface area (Å²) in [5.41, 5.74) is 4.25. The fraction of sp³-hybridized carbons (Fsp3) is 0.208. The molecule has 0 bridgehead atoms. The second kappa shape index (κ2) is 7.20. The van der Waals surface area contributed by atoms with Gasteiger partial charge in [-0.05, 0) is 61.7 Å². The summed E-state index contributed by atoms with van der Waals surface area (Å²) in [4.78, 5) is 19.1. The Hall–Kier alpha value is -3.85. The van der Waals surface area contributed by atoms with Crippen LogP contribution in [0.4, 0.5) is 0 Å². The highest BCUT2D eigenvalue weighted by Crippen LogP contribution is 2.31. The molecule has 30 heavy (non-hydrogen) atoms. The number of rotatable bonds is 3. The molecular weight excluding hydrogens is 376 g/mol. The van der Waals surface area contributed by atoms with E-state index in [9.17, 15) is 10.1 Å². The third-order valence-electron chi connectivity index (χ3n) is 5.57. The van der Waals surface area contributed by atoms with E-state index in [1.54, 1.807) is 12.1 Å². The molecule has 0 saturated carbocycles. The van der Waals surface area contributed by atoms with Gasteiger partial charge in [-0.25, -0.2) is 4.98 Å². The number of carbonyl (C=O) groups is 1. The van der Waals surface area contributed by atoms with Gasteiger partial charge in [-0.1, -0.05) is 12.1 Å². The fourth-order valence-corrected chi connectivity index (χ4v) is 4.02. The first-order valence-corrected chi connectivity index (χ1v) is 10.0. The number of hydrogen-bond donors (Lipinski definition) is 0. The van der Waals surface area contributed by atoms with Crippen molar-refractivity contribution in [1.29, 1.82) is 5.26 Å². The third kappa shape index (κ3) is 2.96. The van der Waals surface area contributed by atoms with Crippen molar-refractivity contribution in [3.05, 3.63) is 71.3 Å². The number of aromatic nitrogens is 2. The van der Waals surface area contributed by atoms with Crippen LogP contribution in [0.15, 0.2) is 54.6 Å². The van der Waals surface area contributed by atoms with E-state index in [2.05, 4.69) is 11.1 Å². The minimum Gasteiger partial charge on any atom is -0.440 e. The van der Waals surface area contributed by atoms with Gasteiger partial charge in [0.1, 0.15) is 11.8 Å². The monoisotopic (exact) mass is 396 g/mol. The molecule has 2 aromatic carbocycles. The van der Waals surface area contributed by atoms with Crippen LogP contribution in [-0.4, -0.2) is 33.3 Å². The van der Waals surface area contributed by atoms with E-state index < -0.39 is 0 Å². The number of aryl methyl sites for hydroxylation is 1. The zero-order chi connectivity index (χ0) is 20.7. The molecule has 1 amide bonds. The van der Waals surface area contributed by atoms with Crippen LogP contribution in [0, 0.1) is 18.3 Å². The van der Waals surface area contributed by atoms with E-state index in [4.69, 9.17) is 4.74 Å².